The maximum absolute atomic E-state index is 2.61. The number of allylic oxidation sites excluding steroid dienone is 1. The summed E-state index contributed by atoms with van der Waals surface area (Å²) < 4.78 is 0. The molecule has 3 aromatic rings. The maximum atomic E-state index is 2.61. The molecule has 0 aromatic heterocycles. The average molecular weight is 369 g/mol. The molecule has 0 heterocycles. The van der Waals surface area contributed by atoms with Crippen LogP contribution in [0.15, 0.2) is 90.5 Å². The zero-order valence-electron chi connectivity index (χ0n) is 16.4. The fourth-order valence-corrected chi connectivity index (χ4v) is 9.08. The highest BCUT2D eigenvalue weighted by Gasteiger charge is 2.34. The second-order valence-corrected chi connectivity index (χ2v) is 13.1. The highest BCUT2D eigenvalue weighted by atomic mass is 28.3. The van der Waals surface area contributed by atoms with Crippen LogP contribution >= 0.6 is 0 Å². The summed E-state index contributed by atoms with van der Waals surface area (Å²) >= 11 is 0. The van der Waals surface area contributed by atoms with Crippen LogP contribution in [0.1, 0.15) is 35.1 Å². The van der Waals surface area contributed by atoms with Crippen LogP contribution in [0, 0.1) is 0 Å². The van der Waals surface area contributed by atoms with Gasteiger partial charge in [-0.05, 0) is 36.2 Å². The van der Waals surface area contributed by atoms with Gasteiger partial charge in [0, 0.05) is 5.92 Å². The standard InChI is InChI=1S/C26H28Si/c1-21-17-24-15-9-10-16-25(24)26(21)20-27(2,18-22-11-5-3-6-12-22)19-23-13-7-4-8-14-23/h3-17,26H,18-20H2,1-2H3. The van der Waals surface area contributed by atoms with Gasteiger partial charge in [-0.2, -0.15) is 0 Å². The molecule has 0 saturated heterocycles. The third-order valence-corrected chi connectivity index (χ3v) is 9.87. The molecule has 1 atom stereocenters. The van der Waals surface area contributed by atoms with Gasteiger partial charge in [0.2, 0.25) is 0 Å². The van der Waals surface area contributed by atoms with E-state index in [0.29, 0.717) is 5.92 Å². The molecule has 136 valence electrons. The third kappa shape index (κ3) is 4.14. The molecule has 1 aliphatic rings. The predicted molar refractivity (Wildman–Crippen MR) is 120 cm³/mol. The minimum atomic E-state index is -1.55. The summed E-state index contributed by atoms with van der Waals surface area (Å²) in [6, 6.07) is 35.0. The number of rotatable bonds is 6. The van der Waals surface area contributed by atoms with Crippen molar-refractivity contribution < 1.29 is 0 Å². The van der Waals surface area contributed by atoms with E-state index in [1.54, 1.807) is 0 Å². The molecule has 0 bridgehead atoms. The van der Waals surface area contributed by atoms with Crippen molar-refractivity contribution in [1.29, 1.82) is 0 Å². The smallest absolute Gasteiger partial charge is 0.0601 e. The Bertz CT molecular complexity index is 883. The average Bonchev–Trinajstić information content (AvgIpc) is 2.98. The third-order valence-electron chi connectivity index (χ3n) is 5.95. The van der Waals surface area contributed by atoms with Crippen LogP contribution in [0.4, 0.5) is 0 Å². The molecule has 0 N–H and O–H groups in total. The van der Waals surface area contributed by atoms with E-state index in [0.717, 1.165) is 0 Å². The number of hydrogen-bond donors (Lipinski definition) is 0. The summed E-state index contributed by atoms with van der Waals surface area (Å²) in [5.74, 6) is 0.588. The van der Waals surface area contributed by atoms with Crippen LogP contribution < -0.4 is 0 Å². The Kier molecular flexibility index (Phi) is 5.13. The van der Waals surface area contributed by atoms with Crippen LogP contribution in [0.3, 0.4) is 0 Å². The second kappa shape index (κ2) is 7.70. The number of benzene rings is 3. The van der Waals surface area contributed by atoms with Gasteiger partial charge in [0.25, 0.3) is 0 Å². The molecule has 0 nitrogen and oxygen atoms in total. The highest BCUT2D eigenvalue weighted by Crippen LogP contribution is 2.42. The first-order valence-electron chi connectivity index (χ1n) is 9.98. The van der Waals surface area contributed by atoms with E-state index in [9.17, 15) is 0 Å². The van der Waals surface area contributed by atoms with E-state index in [-0.39, 0.29) is 0 Å². The Morgan fingerprint density at radius 2 is 1.22 bits per heavy atom. The number of fused-ring (bicyclic) bond motifs is 1. The normalized spacial score (nSPS) is 16.1. The van der Waals surface area contributed by atoms with Crippen molar-refractivity contribution in [2.24, 2.45) is 0 Å². The van der Waals surface area contributed by atoms with Gasteiger partial charge in [-0.1, -0.05) is 114 Å². The molecule has 3 aromatic carbocycles. The van der Waals surface area contributed by atoms with Crippen molar-refractivity contribution in [3.8, 4) is 0 Å². The first-order valence-corrected chi connectivity index (χ1v) is 13.1. The van der Waals surface area contributed by atoms with Gasteiger partial charge in [0.05, 0.1) is 8.07 Å². The summed E-state index contributed by atoms with van der Waals surface area (Å²) in [5.41, 5.74) is 7.49. The van der Waals surface area contributed by atoms with Gasteiger partial charge in [0.15, 0.2) is 0 Å². The number of hydrogen-bond acceptors (Lipinski definition) is 0. The molecule has 1 heteroatoms. The van der Waals surface area contributed by atoms with E-state index >= 15 is 0 Å². The topological polar surface area (TPSA) is 0 Å². The van der Waals surface area contributed by atoms with Gasteiger partial charge >= 0.3 is 0 Å². The van der Waals surface area contributed by atoms with E-state index < -0.39 is 8.07 Å². The Balaban J connectivity index is 1.65. The molecule has 0 radical (unpaired) electrons. The lowest BCUT2D eigenvalue weighted by molar-refractivity contribution is 0.879. The Morgan fingerprint density at radius 1 is 0.704 bits per heavy atom. The van der Waals surface area contributed by atoms with Crippen LogP contribution in [0.2, 0.25) is 12.6 Å². The first kappa shape index (κ1) is 18.0. The van der Waals surface area contributed by atoms with Crippen molar-refractivity contribution in [2.75, 3.05) is 0 Å². The lowest BCUT2D eigenvalue weighted by Crippen LogP contribution is -2.38. The van der Waals surface area contributed by atoms with Crippen LogP contribution in [-0.2, 0) is 12.1 Å². The summed E-state index contributed by atoms with van der Waals surface area (Å²) in [4.78, 5) is 0. The van der Waals surface area contributed by atoms with Crippen LogP contribution in [0.5, 0.6) is 0 Å². The van der Waals surface area contributed by atoms with Gasteiger partial charge in [-0.25, -0.2) is 0 Å². The first-order chi connectivity index (χ1) is 13.1. The van der Waals surface area contributed by atoms with Gasteiger partial charge in [-0.3, -0.25) is 0 Å². The lowest BCUT2D eigenvalue weighted by atomic mass is 9.99. The van der Waals surface area contributed by atoms with Crippen molar-refractivity contribution in [2.45, 2.75) is 37.5 Å². The molecule has 1 unspecified atom stereocenters. The molecular formula is C26H28Si. The quantitative estimate of drug-likeness (QED) is 0.418. The molecule has 0 spiro atoms. The molecule has 0 aliphatic heterocycles. The zero-order valence-corrected chi connectivity index (χ0v) is 17.4. The Morgan fingerprint density at radius 3 is 1.81 bits per heavy atom. The van der Waals surface area contributed by atoms with E-state index in [1.165, 1.54) is 46.0 Å². The van der Waals surface area contributed by atoms with Gasteiger partial charge in [-0.15, -0.1) is 0 Å². The minimum absolute atomic E-state index is 0.588. The Labute approximate surface area is 164 Å². The van der Waals surface area contributed by atoms with Crippen molar-refractivity contribution in [1.82, 2.24) is 0 Å². The summed E-state index contributed by atoms with van der Waals surface area (Å²) in [6.45, 7) is 4.94. The monoisotopic (exact) mass is 368 g/mol. The molecule has 0 fully saturated rings. The molecule has 0 amide bonds. The lowest BCUT2D eigenvalue weighted by Gasteiger charge is -2.32. The van der Waals surface area contributed by atoms with Crippen molar-refractivity contribution in [3.05, 3.63) is 113 Å². The maximum Gasteiger partial charge on any atom is 0.0601 e. The van der Waals surface area contributed by atoms with Gasteiger partial charge in [0.1, 0.15) is 0 Å². The van der Waals surface area contributed by atoms with E-state index in [2.05, 4.69) is 104 Å². The highest BCUT2D eigenvalue weighted by molar-refractivity contribution is 6.77. The molecule has 4 rings (SSSR count). The minimum Gasteiger partial charge on any atom is -0.0686 e. The second-order valence-electron chi connectivity index (χ2n) is 8.41. The Hall–Kier alpha value is -2.38. The van der Waals surface area contributed by atoms with Crippen molar-refractivity contribution >= 4 is 14.1 Å². The molecule has 0 saturated carbocycles. The van der Waals surface area contributed by atoms with Gasteiger partial charge < -0.3 is 0 Å². The van der Waals surface area contributed by atoms with Crippen LogP contribution in [0.25, 0.3) is 6.08 Å². The fraction of sp³-hybridized carbons (Fsp3) is 0.231. The van der Waals surface area contributed by atoms with E-state index in [4.69, 9.17) is 0 Å². The van der Waals surface area contributed by atoms with E-state index in [1.807, 2.05) is 0 Å². The zero-order chi connectivity index (χ0) is 18.7. The summed E-state index contributed by atoms with van der Waals surface area (Å²) in [5, 5.41) is 0. The van der Waals surface area contributed by atoms with Crippen LogP contribution in [-0.4, -0.2) is 8.07 Å². The largest absolute Gasteiger partial charge is 0.0686 e. The predicted octanol–water partition coefficient (Wildman–Crippen LogP) is 6.83. The summed E-state index contributed by atoms with van der Waals surface area (Å²) in [6.07, 6.45) is 2.40. The molecule has 1 aliphatic carbocycles. The fourth-order valence-electron chi connectivity index (χ4n) is 4.70. The van der Waals surface area contributed by atoms with Crippen molar-refractivity contribution in [3.63, 3.8) is 0 Å². The summed E-state index contributed by atoms with van der Waals surface area (Å²) in [7, 11) is -1.55. The SMILES string of the molecule is CC1=Cc2ccccc2C1C[Si](C)(Cc1ccccc1)Cc1ccccc1. The molecular weight excluding hydrogens is 340 g/mol. The molecule has 27 heavy (non-hydrogen) atoms.